The Bertz CT molecular complexity index is 278. The average Bonchev–Trinajstić information content (AvgIpc) is 2.18. The first-order chi connectivity index (χ1) is 6.65. The Labute approximate surface area is 90.5 Å². The van der Waals surface area contributed by atoms with Gasteiger partial charge in [-0.25, -0.2) is 4.79 Å². The normalized spacial score (nSPS) is 22.2. The smallest absolute Gasteiger partial charge is 0.329 e. The van der Waals surface area contributed by atoms with E-state index in [2.05, 4.69) is 26.2 Å². The number of esters is 1. The van der Waals surface area contributed by atoms with Gasteiger partial charge in [-0.2, -0.15) is 0 Å². The summed E-state index contributed by atoms with van der Waals surface area (Å²) in [6.07, 6.45) is 3.22. The number of nitrogens with two attached hydrogens (primary N) is 1. The predicted octanol–water partition coefficient (Wildman–Crippen LogP) is 0.113. The number of hydrogen-bond acceptors (Lipinski definition) is 5. The van der Waals surface area contributed by atoms with Gasteiger partial charge in [0.2, 0.25) is 0 Å². The van der Waals surface area contributed by atoms with Crippen LogP contribution in [0.4, 0.5) is 0 Å². The van der Waals surface area contributed by atoms with Crippen LogP contribution in [0.5, 0.6) is 0 Å². The molecule has 2 unspecified atom stereocenters. The van der Waals surface area contributed by atoms with Crippen molar-refractivity contribution in [3.8, 4) is 0 Å². The Morgan fingerprint density at radius 1 is 1.93 bits per heavy atom. The van der Waals surface area contributed by atoms with Crippen molar-refractivity contribution in [2.24, 2.45) is 10.7 Å². The van der Waals surface area contributed by atoms with Gasteiger partial charge in [-0.1, -0.05) is 15.9 Å². The summed E-state index contributed by atoms with van der Waals surface area (Å²) in [5.74, 6) is -0.467. The Morgan fingerprint density at radius 2 is 2.64 bits per heavy atom. The molecule has 1 rings (SSSR count). The van der Waals surface area contributed by atoms with Crippen molar-refractivity contribution in [2.75, 3.05) is 6.61 Å². The molecule has 1 aliphatic rings. The third kappa shape index (κ3) is 2.81. The molecule has 1 heterocycles. The Kier molecular flexibility index (Phi) is 4.09. The highest BCUT2D eigenvalue weighted by Gasteiger charge is 2.20. The minimum Gasteiger partial charge on any atom is -0.465 e. The van der Waals surface area contributed by atoms with Gasteiger partial charge < -0.3 is 15.8 Å². The summed E-state index contributed by atoms with van der Waals surface area (Å²) in [6, 6.07) is -0.821. The molecule has 2 atom stereocenters. The lowest BCUT2D eigenvalue weighted by Gasteiger charge is -2.16. The number of rotatable bonds is 3. The molecule has 0 radical (unpaired) electrons. The molecule has 0 saturated carbocycles. The Balaban J connectivity index is 2.57. The van der Waals surface area contributed by atoms with Crippen LogP contribution in [0.3, 0.4) is 0 Å². The third-order valence-electron chi connectivity index (χ3n) is 1.60. The summed E-state index contributed by atoms with van der Waals surface area (Å²) in [5.41, 5.74) is 6.08. The molecule has 1 aliphatic heterocycles. The minimum absolute atomic E-state index is 0.0133. The van der Waals surface area contributed by atoms with Crippen molar-refractivity contribution in [1.29, 1.82) is 0 Å². The first-order valence-electron chi connectivity index (χ1n) is 4.21. The average molecular weight is 262 g/mol. The summed E-state index contributed by atoms with van der Waals surface area (Å²) in [7, 11) is 0. The lowest BCUT2D eigenvalue weighted by atomic mass is 10.2. The molecule has 0 saturated heterocycles. The van der Waals surface area contributed by atoms with E-state index in [1.807, 2.05) is 0 Å². The summed E-state index contributed by atoms with van der Waals surface area (Å²) in [5, 5.41) is 2.93. The van der Waals surface area contributed by atoms with Crippen molar-refractivity contribution in [1.82, 2.24) is 5.32 Å². The number of alkyl halides is 1. The molecule has 0 aromatic carbocycles. The van der Waals surface area contributed by atoms with Crippen LogP contribution in [0, 0.1) is 0 Å². The van der Waals surface area contributed by atoms with Gasteiger partial charge in [-0.05, 0) is 6.92 Å². The first kappa shape index (κ1) is 11.2. The van der Waals surface area contributed by atoms with Crippen LogP contribution in [-0.2, 0) is 9.53 Å². The topological polar surface area (TPSA) is 76.7 Å². The molecule has 5 nitrogen and oxygen atoms in total. The maximum absolute atomic E-state index is 11.2. The summed E-state index contributed by atoms with van der Waals surface area (Å²) in [6.45, 7) is 2.05. The van der Waals surface area contributed by atoms with Crippen molar-refractivity contribution < 1.29 is 9.53 Å². The molecular formula is C8H12BrN3O2. The number of nitrogens with zero attached hydrogens (tertiary/aromatic N) is 1. The zero-order valence-electron chi connectivity index (χ0n) is 7.74. The van der Waals surface area contributed by atoms with Crippen LogP contribution in [-0.4, -0.2) is 29.8 Å². The molecule has 78 valence electrons. The number of carbonyl (C=O) groups excluding carboxylic acids is 1. The molecule has 0 fully saturated rings. The van der Waals surface area contributed by atoms with E-state index >= 15 is 0 Å². The maximum atomic E-state index is 11.2. The molecular weight excluding hydrogens is 250 g/mol. The Hall–Kier alpha value is -0.880. The van der Waals surface area contributed by atoms with Gasteiger partial charge in [0.25, 0.3) is 0 Å². The number of halogens is 1. The molecule has 3 N–H and O–H groups in total. The molecule has 0 aromatic rings. The fraction of sp³-hybridized carbons (Fsp3) is 0.500. The van der Waals surface area contributed by atoms with E-state index in [9.17, 15) is 4.79 Å². The molecule has 14 heavy (non-hydrogen) atoms. The van der Waals surface area contributed by atoms with Crippen LogP contribution >= 0.6 is 15.9 Å². The highest BCUT2D eigenvalue weighted by Crippen LogP contribution is 2.08. The van der Waals surface area contributed by atoms with Crippen molar-refractivity contribution in [2.45, 2.75) is 17.9 Å². The summed E-state index contributed by atoms with van der Waals surface area (Å²) in [4.78, 5) is 15.2. The van der Waals surface area contributed by atoms with Gasteiger partial charge >= 0.3 is 5.97 Å². The number of ether oxygens (including phenoxy) is 1. The fourth-order valence-electron chi connectivity index (χ4n) is 0.920. The third-order valence-corrected chi connectivity index (χ3v) is 2.10. The van der Waals surface area contributed by atoms with Crippen molar-refractivity contribution in [3.05, 3.63) is 11.9 Å². The van der Waals surface area contributed by atoms with E-state index in [0.717, 1.165) is 0 Å². The second-order valence-corrected chi connectivity index (χ2v) is 3.63. The van der Waals surface area contributed by atoms with E-state index < -0.39 is 12.0 Å². The number of hydrogen-bond donors (Lipinski definition) is 2. The van der Waals surface area contributed by atoms with Crippen molar-refractivity contribution >= 4 is 28.1 Å². The second-order valence-electron chi connectivity index (χ2n) is 2.65. The van der Waals surface area contributed by atoms with E-state index in [1.165, 1.54) is 0 Å². The van der Waals surface area contributed by atoms with E-state index in [-0.39, 0.29) is 4.95 Å². The summed E-state index contributed by atoms with van der Waals surface area (Å²) < 4.78 is 4.77. The number of nitrogens with one attached hydrogen (secondary N) is 1. The van der Waals surface area contributed by atoms with Gasteiger partial charge in [-0.3, -0.25) is 4.99 Å². The quantitative estimate of drug-likeness (QED) is 0.430. The predicted molar refractivity (Wildman–Crippen MR) is 57.0 cm³/mol. The van der Waals surface area contributed by atoms with Gasteiger partial charge in [0.15, 0.2) is 0 Å². The molecule has 0 spiro atoms. The van der Waals surface area contributed by atoms with Gasteiger partial charge in [0, 0.05) is 12.4 Å². The second kappa shape index (κ2) is 5.11. The minimum atomic E-state index is -0.821. The van der Waals surface area contributed by atoms with Gasteiger partial charge in [0.1, 0.15) is 11.0 Å². The van der Waals surface area contributed by atoms with E-state index in [0.29, 0.717) is 12.3 Å². The largest absolute Gasteiger partial charge is 0.465 e. The number of aliphatic imine (C=N–C) groups is 1. The van der Waals surface area contributed by atoms with Crippen LogP contribution < -0.4 is 11.1 Å². The number of carbonyl (C=O) groups is 1. The standard InChI is InChI=1S/C8H12BrN3O2/c1-2-14-8(13)7(10)5-3-12-6(9)4-11-5/h3-4,6-7,12H,2,10H2,1H3. The first-order valence-corrected chi connectivity index (χ1v) is 5.13. The van der Waals surface area contributed by atoms with E-state index in [4.69, 9.17) is 10.5 Å². The highest BCUT2D eigenvalue weighted by molar-refractivity contribution is 9.09. The van der Waals surface area contributed by atoms with Crippen LogP contribution in [0.1, 0.15) is 6.92 Å². The SMILES string of the molecule is CCOC(=O)C(N)C1=CNC(Br)C=N1. The van der Waals surface area contributed by atoms with Crippen LogP contribution in [0.25, 0.3) is 0 Å². The molecule has 0 aromatic heterocycles. The van der Waals surface area contributed by atoms with Crippen LogP contribution in [0.15, 0.2) is 16.9 Å². The lowest BCUT2D eigenvalue weighted by molar-refractivity contribution is -0.143. The van der Waals surface area contributed by atoms with Crippen LogP contribution in [0.2, 0.25) is 0 Å². The maximum Gasteiger partial charge on any atom is 0.329 e. The monoisotopic (exact) mass is 261 g/mol. The molecule has 0 aliphatic carbocycles. The fourth-order valence-corrected chi connectivity index (χ4v) is 1.17. The summed E-state index contributed by atoms with van der Waals surface area (Å²) >= 11 is 3.27. The highest BCUT2D eigenvalue weighted by atomic mass is 79.9. The Morgan fingerprint density at radius 3 is 3.14 bits per heavy atom. The zero-order chi connectivity index (χ0) is 10.6. The van der Waals surface area contributed by atoms with Crippen molar-refractivity contribution in [3.63, 3.8) is 0 Å². The van der Waals surface area contributed by atoms with Gasteiger partial charge in [0.05, 0.1) is 12.3 Å². The molecule has 0 amide bonds. The molecule has 0 bridgehead atoms. The molecule has 6 heteroatoms. The zero-order valence-corrected chi connectivity index (χ0v) is 9.32. The van der Waals surface area contributed by atoms with E-state index in [1.54, 1.807) is 19.3 Å². The lowest BCUT2D eigenvalue weighted by Crippen LogP contribution is -2.36. The van der Waals surface area contributed by atoms with Gasteiger partial charge in [-0.15, -0.1) is 0 Å².